The molecular weight excluding hydrogens is 479 g/mol. The molecule has 1 N–H and O–H groups in total. The van der Waals surface area contributed by atoms with E-state index < -0.39 is 25.5 Å². The van der Waals surface area contributed by atoms with Crippen LogP contribution in [0.5, 0.6) is 0 Å². The number of halogens is 3. The average molecular weight is 500 g/mol. The van der Waals surface area contributed by atoms with E-state index in [4.69, 9.17) is 0 Å². The molecule has 4 aromatic rings. The Morgan fingerprint density at radius 3 is 0.853 bits per heavy atom. The van der Waals surface area contributed by atoms with E-state index in [-0.39, 0.29) is 21.2 Å². The lowest BCUT2D eigenvalue weighted by Gasteiger charge is -2.43. The van der Waals surface area contributed by atoms with E-state index in [2.05, 4.69) is 0 Å². The number of alkyl halides is 3. The second-order valence-electron chi connectivity index (χ2n) is 7.69. The van der Waals surface area contributed by atoms with Crippen molar-refractivity contribution < 1.29 is 27.4 Å². The molecule has 0 aliphatic heterocycles. The van der Waals surface area contributed by atoms with Gasteiger partial charge in [0, 0.05) is 21.2 Å². The maximum atomic E-state index is 15.2. The molecule has 0 aliphatic carbocycles. The number of hydrogen-bond acceptors (Lipinski definition) is 3. The van der Waals surface area contributed by atoms with Crippen LogP contribution in [0.3, 0.4) is 0 Å². The first-order chi connectivity index (χ1) is 16.2. The van der Waals surface area contributed by atoms with Crippen LogP contribution < -0.4 is 21.2 Å². The van der Waals surface area contributed by atoms with E-state index in [1.54, 1.807) is 24.3 Å². The predicted octanol–water partition coefficient (Wildman–Crippen LogP) is 5.22. The van der Waals surface area contributed by atoms with Crippen LogP contribution in [-0.2, 0) is 9.13 Å². The van der Waals surface area contributed by atoms with Crippen LogP contribution in [0, 0.1) is 0 Å². The summed E-state index contributed by atoms with van der Waals surface area (Å²) in [6.07, 6.45) is -5.53. The van der Waals surface area contributed by atoms with E-state index in [9.17, 15) is 14.2 Å². The summed E-state index contributed by atoms with van der Waals surface area (Å²) < 4.78 is 75.6. The molecule has 0 amide bonds. The predicted molar refractivity (Wildman–Crippen MR) is 131 cm³/mol. The Morgan fingerprint density at radius 2 is 0.676 bits per heavy atom. The summed E-state index contributed by atoms with van der Waals surface area (Å²) in [5, 5.41) is 6.85. The van der Waals surface area contributed by atoms with Gasteiger partial charge in [-0.25, -0.2) is 0 Å². The molecule has 0 aromatic heterocycles. The number of aliphatic hydroxyl groups is 1. The third-order valence-corrected chi connectivity index (χ3v) is 13.8. The lowest BCUT2D eigenvalue weighted by atomic mass is 10.4. The topological polar surface area (TPSA) is 54.4 Å². The largest absolute Gasteiger partial charge is 0.432 e. The summed E-state index contributed by atoms with van der Waals surface area (Å²) in [7, 11) is -10.1. The zero-order valence-electron chi connectivity index (χ0n) is 17.8. The molecule has 3 nitrogen and oxygen atoms in total. The van der Waals surface area contributed by atoms with Crippen LogP contribution in [0.25, 0.3) is 0 Å². The average Bonchev–Trinajstić information content (AvgIpc) is 2.88. The molecular formula is C26H21F3O3P2. The van der Waals surface area contributed by atoms with E-state index in [0.29, 0.717) is 0 Å². The highest BCUT2D eigenvalue weighted by Crippen LogP contribution is 2.77. The summed E-state index contributed by atoms with van der Waals surface area (Å²) >= 11 is 0. The van der Waals surface area contributed by atoms with Gasteiger partial charge in [-0.05, 0) is 0 Å². The van der Waals surface area contributed by atoms with Crippen molar-refractivity contribution in [1.82, 2.24) is 0 Å². The standard InChI is InChI=1S/C26H21F3O3P2/c27-25(28,29)26(30,33(31,21-13-5-1-6-14-21)22-15-7-2-8-16-22)34(32,23-17-9-3-10-18-23)24-19-11-4-12-20-24/h1-20,30H. The first-order valence-electron chi connectivity index (χ1n) is 10.4. The Balaban J connectivity index is 2.21. The highest BCUT2D eigenvalue weighted by Gasteiger charge is 2.75. The number of hydrogen-bond donors (Lipinski definition) is 1. The van der Waals surface area contributed by atoms with Gasteiger partial charge in [0.25, 0.3) is 5.08 Å². The van der Waals surface area contributed by atoms with E-state index in [0.717, 1.165) is 0 Å². The number of rotatable bonds is 6. The molecule has 4 aromatic carbocycles. The van der Waals surface area contributed by atoms with Gasteiger partial charge in [0.1, 0.15) is 0 Å². The van der Waals surface area contributed by atoms with Crippen molar-refractivity contribution >= 4 is 35.5 Å². The van der Waals surface area contributed by atoms with Crippen molar-refractivity contribution in [1.29, 1.82) is 0 Å². The Morgan fingerprint density at radius 1 is 0.471 bits per heavy atom. The first-order valence-corrected chi connectivity index (χ1v) is 13.8. The molecule has 0 unspecified atom stereocenters. The highest BCUT2D eigenvalue weighted by molar-refractivity contribution is 7.96. The normalized spacial score (nSPS) is 12.9. The SMILES string of the molecule is O=P(c1ccccc1)(c1ccccc1)C(O)(C(F)(F)F)P(=O)(c1ccccc1)c1ccccc1. The molecule has 0 saturated carbocycles. The smallest absolute Gasteiger partial charge is 0.367 e. The highest BCUT2D eigenvalue weighted by atomic mass is 31.2. The van der Waals surface area contributed by atoms with E-state index in [1.807, 2.05) is 0 Å². The fourth-order valence-electron chi connectivity index (χ4n) is 4.13. The van der Waals surface area contributed by atoms with Gasteiger partial charge in [-0.15, -0.1) is 0 Å². The molecule has 174 valence electrons. The van der Waals surface area contributed by atoms with Gasteiger partial charge in [-0.3, -0.25) is 0 Å². The Bertz CT molecular complexity index is 1160. The molecule has 0 fully saturated rings. The lowest BCUT2D eigenvalue weighted by molar-refractivity contribution is -0.193. The van der Waals surface area contributed by atoms with Gasteiger partial charge in [0.2, 0.25) is 0 Å². The number of benzene rings is 4. The molecule has 0 saturated heterocycles. The van der Waals surface area contributed by atoms with Crippen molar-refractivity contribution in [2.45, 2.75) is 11.3 Å². The summed E-state index contributed by atoms with van der Waals surface area (Å²) in [4.78, 5) is 0. The van der Waals surface area contributed by atoms with Crippen LogP contribution in [0.2, 0.25) is 0 Å². The van der Waals surface area contributed by atoms with Gasteiger partial charge < -0.3 is 14.2 Å². The summed E-state index contributed by atoms with van der Waals surface area (Å²) in [5.41, 5.74) is 0. The summed E-state index contributed by atoms with van der Waals surface area (Å²) in [5.74, 6) is 0. The van der Waals surface area contributed by atoms with Gasteiger partial charge in [-0.2, -0.15) is 13.2 Å². The maximum absolute atomic E-state index is 15.2. The minimum absolute atomic E-state index is 0.242. The van der Waals surface area contributed by atoms with E-state index in [1.165, 1.54) is 97.1 Å². The van der Waals surface area contributed by atoms with Crippen molar-refractivity contribution in [3.8, 4) is 0 Å². The van der Waals surface area contributed by atoms with Crippen LogP contribution in [0.15, 0.2) is 121 Å². The van der Waals surface area contributed by atoms with Gasteiger partial charge in [0.05, 0.1) is 0 Å². The van der Waals surface area contributed by atoms with Crippen molar-refractivity contribution in [2.24, 2.45) is 0 Å². The quantitative estimate of drug-likeness (QED) is 0.370. The second-order valence-corrected chi connectivity index (χ2v) is 13.8. The first kappa shape index (κ1) is 24.2. The Kier molecular flexibility index (Phi) is 6.44. The molecule has 0 aliphatic rings. The third-order valence-electron chi connectivity index (χ3n) is 5.74. The van der Waals surface area contributed by atoms with Crippen LogP contribution >= 0.6 is 14.3 Å². The Hall–Kier alpha value is -2.91. The second kappa shape index (κ2) is 9.03. The van der Waals surface area contributed by atoms with Gasteiger partial charge in [-0.1, -0.05) is 121 Å². The monoisotopic (exact) mass is 500 g/mol. The van der Waals surface area contributed by atoms with Gasteiger partial charge >= 0.3 is 6.18 Å². The molecule has 8 heteroatoms. The van der Waals surface area contributed by atoms with Crippen LogP contribution in [0.4, 0.5) is 13.2 Å². The van der Waals surface area contributed by atoms with Crippen molar-refractivity contribution in [2.75, 3.05) is 0 Å². The zero-order chi connectivity index (χ0) is 24.5. The Labute approximate surface area is 195 Å². The van der Waals surface area contributed by atoms with Crippen molar-refractivity contribution in [3.63, 3.8) is 0 Å². The van der Waals surface area contributed by atoms with Crippen LogP contribution in [-0.4, -0.2) is 16.4 Å². The van der Waals surface area contributed by atoms with Crippen molar-refractivity contribution in [3.05, 3.63) is 121 Å². The molecule has 0 radical (unpaired) electrons. The fourth-order valence-corrected chi connectivity index (χ4v) is 12.2. The molecule has 0 spiro atoms. The minimum atomic E-state index is -5.53. The van der Waals surface area contributed by atoms with E-state index >= 15 is 13.2 Å². The summed E-state index contributed by atoms with van der Waals surface area (Å²) in [6, 6.07) is 28.0. The third kappa shape index (κ3) is 3.58. The maximum Gasteiger partial charge on any atom is 0.432 e. The molecule has 0 atom stereocenters. The van der Waals surface area contributed by atoms with Gasteiger partial charge in [0.15, 0.2) is 14.3 Å². The van der Waals surface area contributed by atoms with Crippen LogP contribution in [0.1, 0.15) is 0 Å². The fraction of sp³-hybridized carbons (Fsp3) is 0.0769. The molecule has 0 bridgehead atoms. The lowest BCUT2D eigenvalue weighted by Crippen LogP contribution is -2.53. The molecule has 0 heterocycles. The molecule has 34 heavy (non-hydrogen) atoms. The summed E-state index contributed by atoms with van der Waals surface area (Å²) in [6.45, 7) is 0. The molecule has 4 rings (SSSR count). The zero-order valence-corrected chi connectivity index (χ0v) is 19.6. The minimum Gasteiger partial charge on any atom is -0.367 e.